The highest BCUT2D eigenvalue weighted by Gasteiger charge is 2.60. The van der Waals surface area contributed by atoms with Crippen LogP contribution in [0.4, 0.5) is 0 Å². The molecule has 4 rings (SSSR count). The zero-order valence-electron chi connectivity index (χ0n) is 13.6. The number of ketones is 1. The highest BCUT2D eigenvalue weighted by atomic mass is 79.9. The standard InChI is InChI=1S/C19H27BrO2/c1-18-7-5-12(21)9-11(18)3-4-13-14(18)6-8-19(2)15(13)10-16(20)17(19)22/h9,12-16,21H,3-8,10H2,1-2H3/t12-,13+,14-,15-,16+,18-,19-/m0/s1. The monoisotopic (exact) mass is 366 g/mol. The summed E-state index contributed by atoms with van der Waals surface area (Å²) in [6, 6.07) is 0. The second-order valence-corrected chi connectivity index (χ2v) is 9.76. The van der Waals surface area contributed by atoms with Gasteiger partial charge in [-0.25, -0.2) is 0 Å². The molecule has 122 valence electrons. The molecular formula is C19H27BrO2. The molecule has 4 aliphatic carbocycles. The largest absolute Gasteiger partial charge is 0.389 e. The first kappa shape index (κ1) is 15.4. The maximum Gasteiger partial charge on any atom is 0.152 e. The number of Topliss-reactive ketones (excluding diaryl/α,β-unsaturated/α-hetero) is 1. The first-order valence-corrected chi connectivity index (χ1v) is 9.85. The van der Waals surface area contributed by atoms with Gasteiger partial charge in [-0.3, -0.25) is 4.79 Å². The molecule has 3 heteroatoms. The zero-order valence-corrected chi connectivity index (χ0v) is 15.2. The quantitative estimate of drug-likeness (QED) is 0.513. The predicted octanol–water partition coefficient (Wildman–Crippen LogP) is 4.25. The van der Waals surface area contributed by atoms with Crippen molar-refractivity contribution in [1.82, 2.24) is 0 Å². The molecule has 4 aliphatic rings. The van der Waals surface area contributed by atoms with Crippen LogP contribution in [0.5, 0.6) is 0 Å². The molecule has 3 saturated carbocycles. The van der Waals surface area contributed by atoms with Crippen molar-refractivity contribution in [3.8, 4) is 0 Å². The Balaban J connectivity index is 1.69. The summed E-state index contributed by atoms with van der Waals surface area (Å²) in [6.07, 6.45) is 9.58. The van der Waals surface area contributed by atoms with Crippen molar-refractivity contribution in [3.05, 3.63) is 11.6 Å². The third kappa shape index (κ3) is 1.90. The van der Waals surface area contributed by atoms with Gasteiger partial charge in [0.2, 0.25) is 0 Å². The Morgan fingerprint density at radius 1 is 1.14 bits per heavy atom. The molecule has 0 aromatic heterocycles. The first-order valence-electron chi connectivity index (χ1n) is 8.94. The van der Waals surface area contributed by atoms with Crippen LogP contribution in [-0.2, 0) is 4.79 Å². The van der Waals surface area contributed by atoms with Crippen molar-refractivity contribution in [2.24, 2.45) is 28.6 Å². The highest BCUT2D eigenvalue weighted by molar-refractivity contribution is 9.10. The summed E-state index contributed by atoms with van der Waals surface area (Å²) in [4.78, 5) is 12.7. The molecule has 0 spiro atoms. The lowest BCUT2D eigenvalue weighted by Gasteiger charge is -2.57. The fraction of sp³-hybridized carbons (Fsp3) is 0.842. The molecule has 0 amide bonds. The summed E-state index contributed by atoms with van der Waals surface area (Å²) in [5.74, 6) is 2.43. The van der Waals surface area contributed by atoms with Gasteiger partial charge < -0.3 is 5.11 Å². The number of hydrogen-bond acceptors (Lipinski definition) is 2. The van der Waals surface area contributed by atoms with E-state index in [1.807, 2.05) is 0 Å². The smallest absolute Gasteiger partial charge is 0.152 e. The average Bonchev–Trinajstić information content (AvgIpc) is 2.72. The third-order valence-corrected chi connectivity index (χ3v) is 8.58. The number of rotatable bonds is 0. The van der Waals surface area contributed by atoms with E-state index < -0.39 is 0 Å². The van der Waals surface area contributed by atoms with Gasteiger partial charge in [0.15, 0.2) is 5.78 Å². The molecule has 0 aliphatic heterocycles. The van der Waals surface area contributed by atoms with E-state index in [0.717, 1.165) is 32.1 Å². The summed E-state index contributed by atoms with van der Waals surface area (Å²) in [5, 5.41) is 9.99. The van der Waals surface area contributed by atoms with Gasteiger partial charge in [-0.2, -0.15) is 0 Å². The molecule has 0 aromatic carbocycles. The van der Waals surface area contributed by atoms with E-state index in [2.05, 4.69) is 35.9 Å². The molecule has 0 heterocycles. The Hall–Kier alpha value is -0.150. The van der Waals surface area contributed by atoms with E-state index in [1.54, 1.807) is 0 Å². The summed E-state index contributed by atoms with van der Waals surface area (Å²) in [7, 11) is 0. The number of aliphatic hydroxyl groups excluding tert-OH is 1. The van der Waals surface area contributed by atoms with Crippen LogP contribution in [0.25, 0.3) is 0 Å². The Morgan fingerprint density at radius 3 is 2.64 bits per heavy atom. The van der Waals surface area contributed by atoms with E-state index in [4.69, 9.17) is 0 Å². The topological polar surface area (TPSA) is 37.3 Å². The van der Waals surface area contributed by atoms with Crippen LogP contribution in [0.1, 0.15) is 58.8 Å². The molecule has 0 unspecified atom stereocenters. The SMILES string of the molecule is C[C@]12CC[C@H](O)C=C1CC[C@@H]1[C@@H]2CC[C@]2(C)C(=O)[C@H](Br)C[C@@H]12. The average molecular weight is 367 g/mol. The summed E-state index contributed by atoms with van der Waals surface area (Å²) in [6.45, 7) is 4.67. The zero-order chi connectivity index (χ0) is 15.7. The number of aliphatic hydroxyl groups is 1. The van der Waals surface area contributed by atoms with Gasteiger partial charge in [0, 0.05) is 5.41 Å². The first-order chi connectivity index (χ1) is 10.4. The number of halogens is 1. The Morgan fingerprint density at radius 2 is 1.86 bits per heavy atom. The third-order valence-electron chi connectivity index (χ3n) is 7.79. The van der Waals surface area contributed by atoms with Gasteiger partial charge in [-0.05, 0) is 68.1 Å². The normalized spacial score (nSPS) is 54.3. The van der Waals surface area contributed by atoms with Crippen molar-refractivity contribution in [2.45, 2.75) is 69.7 Å². The number of allylic oxidation sites excluding steroid dienone is 1. The second kappa shape index (κ2) is 4.92. The predicted molar refractivity (Wildman–Crippen MR) is 90.8 cm³/mol. The van der Waals surface area contributed by atoms with Gasteiger partial charge in [0.25, 0.3) is 0 Å². The van der Waals surface area contributed by atoms with Crippen LogP contribution in [0, 0.1) is 28.6 Å². The summed E-state index contributed by atoms with van der Waals surface area (Å²) >= 11 is 3.64. The molecule has 2 nitrogen and oxygen atoms in total. The van der Waals surface area contributed by atoms with Crippen LogP contribution < -0.4 is 0 Å². The maximum atomic E-state index is 12.7. The van der Waals surface area contributed by atoms with Crippen molar-refractivity contribution < 1.29 is 9.90 Å². The van der Waals surface area contributed by atoms with E-state index in [-0.39, 0.29) is 21.8 Å². The Kier molecular flexibility index (Phi) is 3.44. The number of alkyl halides is 1. The van der Waals surface area contributed by atoms with Crippen LogP contribution in [0.3, 0.4) is 0 Å². The summed E-state index contributed by atoms with van der Waals surface area (Å²) in [5.41, 5.74) is 1.70. The fourth-order valence-electron chi connectivity index (χ4n) is 6.46. The lowest BCUT2D eigenvalue weighted by atomic mass is 9.47. The van der Waals surface area contributed by atoms with Crippen LogP contribution in [-0.4, -0.2) is 21.8 Å². The Labute approximate surface area is 141 Å². The van der Waals surface area contributed by atoms with Crippen molar-refractivity contribution in [1.29, 1.82) is 0 Å². The maximum absolute atomic E-state index is 12.7. The molecule has 3 fully saturated rings. The molecule has 1 N–H and O–H groups in total. The molecule has 7 atom stereocenters. The van der Waals surface area contributed by atoms with Crippen LogP contribution in [0.2, 0.25) is 0 Å². The number of fused-ring (bicyclic) bond motifs is 5. The Bertz CT molecular complexity index is 542. The van der Waals surface area contributed by atoms with Gasteiger partial charge in [0.1, 0.15) is 0 Å². The fourth-order valence-corrected chi connectivity index (χ4v) is 7.38. The van der Waals surface area contributed by atoms with E-state index in [1.165, 1.54) is 18.4 Å². The van der Waals surface area contributed by atoms with E-state index in [0.29, 0.717) is 23.5 Å². The minimum atomic E-state index is -0.228. The van der Waals surface area contributed by atoms with Gasteiger partial charge in [-0.15, -0.1) is 0 Å². The number of carbonyl (C=O) groups is 1. The van der Waals surface area contributed by atoms with E-state index in [9.17, 15) is 9.90 Å². The van der Waals surface area contributed by atoms with Gasteiger partial charge >= 0.3 is 0 Å². The van der Waals surface area contributed by atoms with Crippen molar-refractivity contribution in [3.63, 3.8) is 0 Å². The molecule has 0 radical (unpaired) electrons. The minimum absolute atomic E-state index is 0.0823. The second-order valence-electron chi connectivity index (χ2n) is 8.65. The molecule has 0 bridgehead atoms. The number of hydrogen-bond donors (Lipinski definition) is 1. The highest BCUT2D eigenvalue weighted by Crippen LogP contribution is 2.65. The van der Waals surface area contributed by atoms with Gasteiger partial charge in [-0.1, -0.05) is 41.4 Å². The van der Waals surface area contributed by atoms with Crippen molar-refractivity contribution >= 4 is 21.7 Å². The minimum Gasteiger partial charge on any atom is -0.389 e. The molecule has 0 saturated heterocycles. The number of carbonyl (C=O) groups excluding carboxylic acids is 1. The summed E-state index contributed by atoms with van der Waals surface area (Å²) < 4.78 is 0. The molecule has 0 aromatic rings. The van der Waals surface area contributed by atoms with Crippen LogP contribution >= 0.6 is 15.9 Å². The lowest BCUT2D eigenvalue weighted by Crippen LogP contribution is -2.50. The lowest BCUT2D eigenvalue weighted by molar-refractivity contribution is -0.132. The van der Waals surface area contributed by atoms with E-state index >= 15 is 0 Å². The van der Waals surface area contributed by atoms with Gasteiger partial charge in [0.05, 0.1) is 10.9 Å². The molecule has 22 heavy (non-hydrogen) atoms. The van der Waals surface area contributed by atoms with Crippen LogP contribution in [0.15, 0.2) is 11.6 Å². The molecular weight excluding hydrogens is 340 g/mol. The van der Waals surface area contributed by atoms with Crippen molar-refractivity contribution in [2.75, 3.05) is 0 Å².